The number of allylic oxidation sites excluding steroid dienone is 2. The molecule has 0 aliphatic carbocycles. The average molecular weight is 423 g/mol. The lowest BCUT2D eigenvalue weighted by molar-refractivity contribution is 0.282. The third kappa shape index (κ3) is 4.64. The summed E-state index contributed by atoms with van der Waals surface area (Å²) in [5.74, 6) is 1.20. The molecule has 2 heterocycles. The van der Waals surface area contributed by atoms with E-state index in [1.165, 1.54) is 18.5 Å². The number of hydrogen-bond acceptors (Lipinski definition) is 3. The zero-order chi connectivity index (χ0) is 22.0. The van der Waals surface area contributed by atoms with Crippen LogP contribution in [0.3, 0.4) is 0 Å². The smallest absolute Gasteiger partial charge is 0.126 e. The molecule has 1 fully saturated rings. The van der Waals surface area contributed by atoms with Gasteiger partial charge in [0, 0.05) is 42.5 Å². The predicted octanol–water partition coefficient (Wildman–Crippen LogP) is 5.80. The average Bonchev–Trinajstić information content (AvgIpc) is 2.80. The highest BCUT2D eigenvalue weighted by Gasteiger charge is 2.28. The maximum Gasteiger partial charge on any atom is 0.126 e. The Hall–Kier alpha value is -2.33. The predicted molar refractivity (Wildman–Crippen MR) is 127 cm³/mol. The first-order valence-corrected chi connectivity index (χ1v) is 11.7. The van der Waals surface area contributed by atoms with E-state index >= 15 is 0 Å². The fourth-order valence-corrected chi connectivity index (χ4v) is 5.20. The van der Waals surface area contributed by atoms with Crippen molar-refractivity contribution in [2.24, 2.45) is 11.8 Å². The Labute approximate surface area is 186 Å². The Balaban J connectivity index is 1.56. The molecule has 0 radical (unpaired) electrons. The van der Waals surface area contributed by atoms with Gasteiger partial charge in [-0.05, 0) is 73.9 Å². The van der Waals surface area contributed by atoms with Gasteiger partial charge < -0.3 is 15.3 Å². The highest BCUT2D eigenvalue weighted by molar-refractivity contribution is 5.79. The quantitative estimate of drug-likeness (QED) is 0.639. The van der Waals surface area contributed by atoms with E-state index in [9.17, 15) is 9.50 Å². The first-order chi connectivity index (χ1) is 15.0. The van der Waals surface area contributed by atoms with E-state index in [4.69, 9.17) is 0 Å². The maximum absolute atomic E-state index is 13.8. The zero-order valence-corrected chi connectivity index (χ0v) is 19.0. The van der Waals surface area contributed by atoms with Crippen molar-refractivity contribution in [1.82, 2.24) is 5.32 Å². The van der Waals surface area contributed by atoms with Gasteiger partial charge in [0.25, 0.3) is 0 Å². The Morgan fingerprint density at radius 2 is 1.87 bits per heavy atom. The summed E-state index contributed by atoms with van der Waals surface area (Å²) >= 11 is 0. The number of piperidine rings is 1. The van der Waals surface area contributed by atoms with Crippen LogP contribution in [0.15, 0.2) is 47.7 Å². The van der Waals surface area contributed by atoms with Crippen LogP contribution in [-0.4, -0.2) is 24.7 Å². The number of nitrogens with one attached hydrogen (secondary N) is 1. The van der Waals surface area contributed by atoms with E-state index in [1.807, 2.05) is 25.1 Å². The molecule has 2 aliphatic rings. The van der Waals surface area contributed by atoms with Gasteiger partial charge >= 0.3 is 0 Å². The van der Waals surface area contributed by atoms with E-state index in [0.29, 0.717) is 11.5 Å². The molecule has 2 aromatic carbocycles. The molecule has 0 saturated carbocycles. The Morgan fingerprint density at radius 1 is 1.10 bits per heavy atom. The highest BCUT2D eigenvalue weighted by Crippen LogP contribution is 2.37. The summed E-state index contributed by atoms with van der Waals surface area (Å²) in [4.78, 5) is 2.44. The van der Waals surface area contributed by atoms with Crippen LogP contribution in [0, 0.1) is 24.6 Å². The van der Waals surface area contributed by atoms with Crippen LogP contribution < -0.4 is 10.2 Å². The second-order valence-electron chi connectivity index (χ2n) is 9.29. The number of anilines is 1. The monoisotopic (exact) mass is 422 g/mol. The molecule has 0 aromatic heterocycles. The van der Waals surface area contributed by atoms with Crippen LogP contribution in [0.5, 0.6) is 0 Å². The van der Waals surface area contributed by atoms with Crippen molar-refractivity contribution in [3.8, 4) is 11.1 Å². The van der Waals surface area contributed by atoms with Crippen LogP contribution in [0.1, 0.15) is 50.7 Å². The molecule has 1 atom stereocenters. The Morgan fingerprint density at radius 3 is 2.52 bits per heavy atom. The summed E-state index contributed by atoms with van der Waals surface area (Å²) in [6.45, 7) is 9.50. The van der Waals surface area contributed by atoms with Gasteiger partial charge in [-0.3, -0.25) is 0 Å². The number of nitrogens with zero attached hydrogens (tertiary/aromatic N) is 1. The molecule has 2 aromatic rings. The summed E-state index contributed by atoms with van der Waals surface area (Å²) in [6.07, 6.45) is 4.72. The summed E-state index contributed by atoms with van der Waals surface area (Å²) in [7, 11) is 0. The van der Waals surface area contributed by atoms with E-state index in [2.05, 4.69) is 36.2 Å². The van der Waals surface area contributed by atoms with Crippen molar-refractivity contribution in [2.45, 2.75) is 53.1 Å². The molecule has 3 nitrogen and oxygen atoms in total. The molecular formula is C27H35FN2O. The SMILES string of the molecule is CCC1CNC(C2CCN(c3cc(CO)ccc3-c3ccc(F)c(C)c3)CC2)=C(C)C1. The summed E-state index contributed by atoms with van der Waals surface area (Å²) < 4.78 is 13.8. The number of hydrogen-bond donors (Lipinski definition) is 2. The zero-order valence-electron chi connectivity index (χ0n) is 19.0. The third-order valence-electron chi connectivity index (χ3n) is 7.17. The number of halogens is 1. The minimum atomic E-state index is -0.174. The van der Waals surface area contributed by atoms with Crippen LogP contribution in [0.2, 0.25) is 0 Å². The molecule has 0 amide bonds. The molecule has 0 bridgehead atoms. The minimum absolute atomic E-state index is 0.0286. The van der Waals surface area contributed by atoms with Gasteiger partial charge in [0.1, 0.15) is 5.82 Å². The molecule has 166 valence electrons. The Kier molecular flexibility index (Phi) is 6.66. The standard InChI is InChI=1S/C27H35FN2O/c1-4-20-13-19(3)27(29-16-20)22-9-11-30(12-10-22)26-15-21(17-31)5-7-24(26)23-6-8-25(28)18(2)14-23/h5-8,14-15,20,22,29,31H,4,9-13,16-17H2,1-3H3. The lowest BCUT2D eigenvalue weighted by Gasteiger charge is -2.38. The van der Waals surface area contributed by atoms with Gasteiger partial charge in [-0.2, -0.15) is 0 Å². The van der Waals surface area contributed by atoms with Gasteiger partial charge in [0.05, 0.1) is 6.61 Å². The van der Waals surface area contributed by atoms with E-state index in [-0.39, 0.29) is 12.4 Å². The molecular weight excluding hydrogens is 387 g/mol. The second-order valence-corrected chi connectivity index (χ2v) is 9.29. The number of aliphatic hydroxyl groups is 1. The van der Waals surface area contributed by atoms with Crippen molar-refractivity contribution < 1.29 is 9.50 Å². The molecule has 0 spiro atoms. The van der Waals surface area contributed by atoms with Crippen LogP contribution in [0.25, 0.3) is 11.1 Å². The topological polar surface area (TPSA) is 35.5 Å². The molecule has 1 saturated heterocycles. The number of aliphatic hydroxyl groups excluding tert-OH is 1. The minimum Gasteiger partial charge on any atom is -0.392 e. The number of rotatable bonds is 5. The van der Waals surface area contributed by atoms with Crippen LogP contribution in [0.4, 0.5) is 10.1 Å². The van der Waals surface area contributed by atoms with E-state index < -0.39 is 0 Å². The molecule has 2 aliphatic heterocycles. The first-order valence-electron chi connectivity index (χ1n) is 11.7. The lowest BCUT2D eigenvalue weighted by Crippen LogP contribution is -2.39. The number of aryl methyl sites for hydroxylation is 1. The molecule has 1 unspecified atom stereocenters. The summed E-state index contributed by atoms with van der Waals surface area (Å²) in [5, 5.41) is 13.5. The summed E-state index contributed by atoms with van der Waals surface area (Å²) in [5.41, 5.74) is 7.88. The Bertz CT molecular complexity index is 960. The van der Waals surface area contributed by atoms with Crippen molar-refractivity contribution in [1.29, 1.82) is 0 Å². The normalized spacial score (nSPS) is 20.2. The largest absolute Gasteiger partial charge is 0.392 e. The third-order valence-corrected chi connectivity index (χ3v) is 7.17. The van der Waals surface area contributed by atoms with Crippen molar-refractivity contribution in [3.63, 3.8) is 0 Å². The fourth-order valence-electron chi connectivity index (χ4n) is 5.20. The molecule has 4 heteroatoms. The van der Waals surface area contributed by atoms with Gasteiger partial charge in [0.15, 0.2) is 0 Å². The van der Waals surface area contributed by atoms with E-state index in [0.717, 1.165) is 60.8 Å². The molecule has 2 N–H and O–H groups in total. The molecule has 31 heavy (non-hydrogen) atoms. The van der Waals surface area contributed by atoms with Gasteiger partial charge in [-0.15, -0.1) is 0 Å². The number of benzene rings is 2. The lowest BCUT2D eigenvalue weighted by atomic mass is 9.84. The van der Waals surface area contributed by atoms with Gasteiger partial charge in [0.2, 0.25) is 0 Å². The van der Waals surface area contributed by atoms with E-state index in [1.54, 1.807) is 11.6 Å². The fraction of sp³-hybridized carbons (Fsp3) is 0.481. The van der Waals surface area contributed by atoms with Crippen molar-refractivity contribution in [2.75, 3.05) is 24.5 Å². The van der Waals surface area contributed by atoms with Crippen molar-refractivity contribution in [3.05, 3.63) is 64.6 Å². The second kappa shape index (κ2) is 9.44. The van der Waals surface area contributed by atoms with Gasteiger partial charge in [-0.1, -0.05) is 37.1 Å². The van der Waals surface area contributed by atoms with Crippen molar-refractivity contribution >= 4 is 5.69 Å². The maximum atomic E-state index is 13.8. The first kappa shape index (κ1) is 21.9. The van der Waals surface area contributed by atoms with Gasteiger partial charge in [-0.25, -0.2) is 4.39 Å². The molecule has 4 rings (SSSR count). The summed E-state index contributed by atoms with van der Waals surface area (Å²) in [6, 6.07) is 11.5. The van der Waals surface area contributed by atoms with Crippen LogP contribution >= 0.6 is 0 Å². The highest BCUT2D eigenvalue weighted by atomic mass is 19.1. The van der Waals surface area contributed by atoms with Crippen LogP contribution in [-0.2, 0) is 6.61 Å².